The van der Waals surface area contributed by atoms with Crippen molar-refractivity contribution in [3.05, 3.63) is 131 Å². The SMILES string of the molecule is COc1ccccc1NC(=O)C1=C(C)Nc2nc(-c3ccccc3C)nn2C1c1ccc(OCc2ccccc2)cc1. The maximum atomic E-state index is 13.9. The molecule has 0 saturated heterocycles. The van der Waals surface area contributed by atoms with E-state index in [1.807, 2.05) is 117 Å². The Morgan fingerprint density at radius 2 is 1.62 bits per heavy atom. The highest BCUT2D eigenvalue weighted by Crippen LogP contribution is 2.38. The van der Waals surface area contributed by atoms with Crippen LogP contribution in [0.4, 0.5) is 11.6 Å². The van der Waals surface area contributed by atoms with Crippen LogP contribution in [0.2, 0.25) is 0 Å². The number of amides is 1. The Bertz CT molecular complexity index is 1760. The van der Waals surface area contributed by atoms with Gasteiger partial charge in [0.1, 0.15) is 24.1 Å². The lowest BCUT2D eigenvalue weighted by Crippen LogP contribution is -2.31. The number of ether oxygens (including phenoxy) is 2. The summed E-state index contributed by atoms with van der Waals surface area (Å²) in [7, 11) is 1.58. The van der Waals surface area contributed by atoms with Gasteiger partial charge >= 0.3 is 0 Å². The fraction of sp³-hybridized carbons (Fsp3) is 0.147. The van der Waals surface area contributed by atoms with E-state index < -0.39 is 6.04 Å². The van der Waals surface area contributed by atoms with Gasteiger partial charge in [0, 0.05) is 11.3 Å². The second-order valence-corrected chi connectivity index (χ2v) is 10.1. The van der Waals surface area contributed by atoms with Gasteiger partial charge in [-0.05, 0) is 54.8 Å². The lowest BCUT2D eigenvalue weighted by molar-refractivity contribution is -0.113. The molecule has 0 bridgehead atoms. The van der Waals surface area contributed by atoms with Gasteiger partial charge in [0.2, 0.25) is 5.95 Å². The number of carbonyl (C=O) groups excluding carboxylic acids is 1. The zero-order chi connectivity index (χ0) is 29.1. The fourth-order valence-electron chi connectivity index (χ4n) is 5.12. The number of aryl methyl sites for hydroxylation is 1. The maximum absolute atomic E-state index is 13.9. The van der Waals surface area contributed by atoms with Crippen molar-refractivity contribution in [2.45, 2.75) is 26.5 Å². The van der Waals surface area contributed by atoms with Crippen molar-refractivity contribution in [3.8, 4) is 22.9 Å². The highest BCUT2D eigenvalue weighted by Gasteiger charge is 2.35. The number of aromatic nitrogens is 3. The molecule has 1 aliphatic heterocycles. The molecule has 42 heavy (non-hydrogen) atoms. The molecule has 0 aliphatic carbocycles. The Labute approximate surface area is 244 Å². The van der Waals surface area contributed by atoms with Crippen molar-refractivity contribution in [3.63, 3.8) is 0 Å². The Balaban J connectivity index is 1.37. The summed E-state index contributed by atoms with van der Waals surface area (Å²) in [5, 5.41) is 11.3. The molecule has 2 heterocycles. The zero-order valence-corrected chi connectivity index (χ0v) is 23.7. The van der Waals surface area contributed by atoms with E-state index in [0.29, 0.717) is 41.1 Å². The molecule has 0 saturated carbocycles. The summed E-state index contributed by atoms with van der Waals surface area (Å²) in [6.07, 6.45) is 0. The largest absolute Gasteiger partial charge is 0.495 e. The first-order valence-electron chi connectivity index (χ1n) is 13.7. The van der Waals surface area contributed by atoms with Gasteiger partial charge in [0.05, 0.1) is 18.4 Å². The monoisotopic (exact) mass is 557 g/mol. The third-order valence-electron chi connectivity index (χ3n) is 7.28. The van der Waals surface area contributed by atoms with Gasteiger partial charge in [-0.3, -0.25) is 4.79 Å². The summed E-state index contributed by atoms with van der Waals surface area (Å²) in [6.45, 7) is 4.38. The predicted octanol–water partition coefficient (Wildman–Crippen LogP) is 6.77. The minimum Gasteiger partial charge on any atom is -0.495 e. The molecule has 4 aromatic carbocycles. The van der Waals surface area contributed by atoms with Gasteiger partial charge in [-0.25, -0.2) is 4.68 Å². The molecule has 6 rings (SSSR count). The molecule has 1 aromatic heterocycles. The van der Waals surface area contributed by atoms with E-state index in [1.165, 1.54) is 0 Å². The van der Waals surface area contributed by atoms with Crippen LogP contribution >= 0.6 is 0 Å². The van der Waals surface area contributed by atoms with Crippen LogP contribution in [0.1, 0.15) is 29.7 Å². The number of nitrogens with zero attached hydrogens (tertiary/aromatic N) is 3. The first kappa shape index (κ1) is 26.8. The summed E-state index contributed by atoms with van der Waals surface area (Å²) >= 11 is 0. The minimum absolute atomic E-state index is 0.266. The van der Waals surface area contributed by atoms with Crippen molar-refractivity contribution in [1.29, 1.82) is 0 Å². The van der Waals surface area contributed by atoms with Crippen LogP contribution in [0.5, 0.6) is 11.5 Å². The average Bonchev–Trinajstić information content (AvgIpc) is 3.44. The second-order valence-electron chi connectivity index (χ2n) is 10.1. The summed E-state index contributed by atoms with van der Waals surface area (Å²) < 4.78 is 13.3. The van der Waals surface area contributed by atoms with Crippen LogP contribution in [0.15, 0.2) is 114 Å². The molecule has 1 unspecified atom stereocenters. The Hall–Kier alpha value is -5.37. The average molecular weight is 558 g/mol. The normalized spacial score (nSPS) is 14.1. The number of methoxy groups -OCH3 is 1. The molecule has 1 atom stereocenters. The molecule has 8 heteroatoms. The Kier molecular flexibility index (Phi) is 7.43. The molecule has 1 aliphatic rings. The third-order valence-corrected chi connectivity index (χ3v) is 7.28. The lowest BCUT2D eigenvalue weighted by Gasteiger charge is -2.29. The quantitative estimate of drug-likeness (QED) is 0.219. The van der Waals surface area contributed by atoms with Crippen LogP contribution < -0.4 is 20.1 Å². The highest BCUT2D eigenvalue weighted by molar-refractivity contribution is 6.06. The van der Waals surface area contributed by atoms with E-state index in [4.69, 9.17) is 19.6 Å². The van der Waals surface area contributed by atoms with Gasteiger partial charge in [0.25, 0.3) is 5.91 Å². The minimum atomic E-state index is -0.538. The molecule has 210 valence electrons. The molecular weight excluding hydrogens is 526 g/mol. The van der Waals surface area contributed by atoms with Gasteiger partial charge in [0.15, 0.2) is 5.82 Å². The van der Waals surface area contributed by atoms with Crippen molar-refractivity contribution in [2.24, 2.45) is 0 Å². The number of rotatable bonds is 8. The first-order valence-corrected chi connectivity index (χ1v) is 13.7. The fourth-order valence-corrected chi connectivity index (χ4v) is 5.12. The maximum Gasteiger partial charge on any atom is 0.255 e. The number of hydrogen-bond donors (Lipinski definition) is 2. The van der Waals surface area contributed by atoms with Gasteiger partial charge in [-0.2, -0.15) is 4.98 Å². The van der Waals surface area contributed by atoms with Crippen LogP contribution in [0.25, 0.3) is 11.4 Å². The molecule has 8 nitrogen and oxygen atoms in total. The lowest BCUT2D eigenvalue weighted by atomic mass is 9.95. The van der Waals surface area contributed by atoms with Crippen molar-refractivity contribution in [1.82, 2.24) is 14.8 Å². The Morgan fingerprint density at radius 1 is 0.905 bits per heavy atom. The molecule has 2 N–H and O–H groups in total. The van der Waals surface area contributed by atoms with Crippen molar-refractivity contribution in [2.75, 3.05) is 17.7 Å². The van der Waals surface area contributed by atoms with E-state index in [2.05, 4.69) is 10.6 Å². The molecule has 5 aromatic rings. The van der Waals surface area contributed by atoms with Gasteiger partial charge in [-0.15, -0.1) is 5.10 Å². The number of hydrogen-bond acceptors (Lipinski definition) is 6. The van der Waals surface area contributed by atoms with Crippen LogP contribution in [-0.2, 0) is 11.4 Å². The summed E-state index contributed by atoms with van der Waals surface area (Å²) in [4.78, 5) is 18.8. The predicted molar refractivity (Wildman–Crippen MR) is 163 cm³/mol. The number of fused-ring (bicyclic) bond motifs is 1. The third kappa shape index (κ3) is 5.34. The molecule has 1 amide bonds. The number of allylic oxidation sites excluding steroid dienone is 1. The van der Waals surface area contributed by atoms with Gasteiger partial charge in [-0.1, -0.05) is 78.9 Å². The number of para-hydroxylation sites is 2. The van der Waals surface area contributed by atoms with E-state index in [1.54, 1.807) is 11.8 Å². The molecule has 0 fully saturated rings. The molecule has 0 spiro atoms. The number of benzene rings is 4. The summed E-state index contributed by atoms with van der Waals surface area (Å²) in [5.74, 6) is 2.19. The zero-order valence-electron chi connectivity index (χ0n) is 23.7. The van der Waals surface area contributed by atoms with Crippen molar-refractivity contribution < 1.29 is 14.3 Å². The number of carbonyl (C=O) groups is 1. The van der Waals surface area contributed by atoms with Crippen LogP contribution in [0, 0.1) is 6.92 Å². The van der Waals surface area contributed by atoms with Crippen LogP contribution in [0.3, 0.4) is 0 Å². The first-order chi connectivity index (χ1) is 20.5. The second kappa shape index (κ2) is 11.6. The molecular formula is C34H31N5O3. The van der Waals surface area contributed by atoms with Crippen LogP contribution in [-0.4, -0.2) is 27.8 Å². The topological polar surface area (TPSA) is 90.3 Å². The highest BCUT2D eigenvalue weighted by atomic mass is 16.5. The number of nitrogens with one attached hydrogen (secondary N) is 2. The smallest absolute Gasteiger partial charge is 0.255 e. The van der Waals surface area contributed by atoms with E-state index in [0.717, 1.165) is 28.0 Å². The van der Waals surface area contributed by atoms with Crippen molar-refractivity contribution >= 4 is 17.5 Å². The van der Waals surface area contributed by atoms with E-state index in [-0.39, 0.29) is 5.91 Å². The summed E-state index contributed by atoms with van der Waals surface area (Å²) in [5.41, 5.74) is 5.75. The van der Waals surface area contributed by atoms with Gasteiger partial charge < -0.3 is 20.1 Å². The summed E-state index contributed by atoms with van der Waals surface area (Å²) in [6, 6.07) is 32.6. The van der Waals surface area contributed by atoms with E-state index >= 15 is 0 Å². The number of anilines is 2. The van der Waals surface area contributed by atoms with E-state index in [9.17, 15) is 4.79 Å². The Morgan fingerprint density at radius 3 is 2.38 bits per heavy atom. The molecule has 0 radical (unpaired) electrons. The standard InChI is InChI=1S/C34H31N5O3/c1-22-11-7-8-14-27(22)32-37-34-35-23(2)30(33(40)36-28-15-9-10-16-29(28)41-3)31(39(34)38-32)25-17-19-26(20-18-25)42-21-24-12-5-4-6-13-24/h4-20,31H,21H2,1-3H3,(H,36,40)(H,35,37,38).